The van der Waals surface area contributed by atoms with Crippen molar-refractivity contribution in [3.05, 3.63) is 11.6 Å². The number of aliphatic hydroxyl groups excluding tert-OH is 14. The molecule has 0 aromatic rings. The van der Waals surface area contributed by atoms with Gasteiger partial charge in [0.25, 0.3) is 0 Å². The lowest BCUT2D eigenvalue weighted by Gasteiger charge is -2.72. The van der Waals surface area contributed by atoms with Crippen LogP contribution in [0.5, 0.6) is 0 Å². The van der Waals surface area contributed by atoms with Crippen LogP contribution in [-0.4, -0.2) is 287 Å². The molecule has 5 aliphatic carbocycles. The number of aliphatic hydroxyl groups is 15. The van der Waals surface area contributed by atoms with E-state index < -0.39 is 256 Å². The highest BCUT2D eigenvalue weighted by Crippen LogP contribution is 2.76. The second-order valence-corrected chi connectivity index (χ2v) is 31.0. The van der Waals surface area contributed by atoms with Crippen LogP contribution in [0.15, 0.2) is 11.6 Å². The van der Waals surface area contributed by atoms with E-state index in [4.69, 9.17) is 56.8 Å². The van der Waals surface area contributed by atoms with Gasteiger partial charge in [0.1, 0.15) is 85.5 Å². The number of hydrogen-bond acceptors (Lipinski definition) is 30. The van der Waals surface area contributed by atoms with E-state index in [2.05, 4.69) is 40.7 Å². The molecule has 12 aliphatic heterocycles. The smallest absolute Gasteiger partial charge is 0.315 e. The number of ether oxygens (including phenoxy) is 12. The van der Waals surface area contributed by atoms with Crippen LogP contribution in [0.4, 0.5) is 0 Å². The van der Waals surface area contributed by atoms with Crippen molar-refractivity contribution in [2.75, 3.05) is 33.0 Å². The zero-order valence-electron chi connectivity index (χ0n) is 54.4. The van der Waals surface area contributed by atoms with Crippen molar-refractivity contribution in [3.8, 4) is 0 Å². The SMILES string of the molecule is C[C@@H]1O[C@H]2O[C@H]3[C@@H](OC[C@H](O)[C@@H]3O)OC(=O)[C@]34CCC(C)(C)C[C@H]3C3=CC[C@@H]5[C@@]6(C)C[C@H](O)[C@H](O[C@@H]7O[C@H](CO)[C@@H](O)[C@H](O)[C@H]7O[C@@H]7OC[C@H](OC(=O)C[C@@](C)(O)CC(=O)O[C@@H]1[C@@H](O[C@@H]1O[C@H](CO)[C@@H](O)[C@H](O)[C@H]1O)[C@H]2O)[C@H](O)[C@H]7O)[C@@](C)(CO)[C@@H]6CC[C@@]5(C)[C@]3(C)CC4. The van der Waals surface area contributed by atoms with E-state index in [-0.39, 0.29) is 23.7 Å². The Morgan fingerprint density at radius 2 is 1.18 bits per heavy atom. The van der Waals surface area contributed by atoms with E-state index in [9.17, 15) is 86.2 Å². The average Bonchev–Trinajstić information content (AvgIpc) is 0.674. The summed E-state index contributed by atoms with van der Waals surface area (Å²) in [5.74, 6) is -4.01. The van der Waals surface area contributed by atoms with Crippen LogP contribution in [0, 0.1) is 50.2 Å². The summed E-state index contributed by atoms with van der Waals surface area (Å²) in [6.45, 7) is 11.7. The molecule has 30 heteroatoms. The standard InChI is InChI=1S/C64H100O30/c1-26-47-48(90-53-45(79)42(76)39(73)31(21-65)87-53)46(80)54(85-26)92-49-38(72)30(69)23-83-55(49)94-57(81)64-15-13-58(2,3)17-28(64)27-9-10-35-60(5)18-29(68)51(61(6,25-67)34(60)11-12-63(35,8)62(27,7)14-16-64)93-56-50(43(77)40(74)32(22-66)88-56)91-52-44(78)41(75)33(24-84-52)86-36(70)19-59(4,82)20-37(71)89-47/h9,26,28-35,38-56,65-69,72-80,82H,10-25H2,1-8H3/t26-,28-,29-,30-,31+,32+,33-,34+,35+,38-,39+,40+,41-,42-,43-,44+,45+,46+,47-,48-,49+,50+,51-,52-,53-,54-,55-,56-,59+,60-,61-,62+,63+,64-/m0/s1. The van der Waals surface area contributed by atoms with Crippen molar-refractivity contribution in [1.29, 1.82) is 0 Å². The third kappa shape index (κ3) is 12.4. The molecule has 94 heavy (non-hydrogen) atoms. The van der Waals surface area contributed by atoms with E-state index >= 15 is 4.79 Å². The van der Waals surface area contributed by atoms with Gasteiger partial charge in [-0.15, -0.1) is 0 Å². The molecule has 0 amide bonds. The Hall–Kier alpha value is -2.81. The summed E-state index contributed by atoms with van der Waals surface area (Å²) in [6, 6.07) is 0. The molecule has 30 nitrogen and oxygen atoms in total. The van der Waals surface area contributed by atoms with Gasteiger partial charge in [0.2, 0.25) is 6.29 Å². The summed E-state index contributed by atoms with van der Waals surface area (Å²) < 4.78 is 72.5. The first-order valence-corrected chi connectivity index (χ1v) is 33.2. The summed E-state index contributed by atoms with van der Waals surface area (Å²) in [5.41, 5.74) is -5.62. The first-order chi connectivity index (χ1) is 44.0. The Bertz CT molecular complexity index is 2750. The second kappa shape index (κ2) is 26.6. The molecule has 8 saturated heterocycles. The molecule has 1 spiro atoms. The number of carbonyl (C=O) groups excluding carboxylic acids is 3. The van der Waals surface area contributed by atoms with Crippen LogP contribution >= 0.6 is 0 Å². The highest BCUT2D eigenvalue weighted by molar-refractivity contribution is 5.79. The predicted molar refractivity (Wildman–Crippen MR) is 312 cm³/mol. The van der Waals surface area contributed by atoms with Gasteiger partial charge in [-0.05, 0) is 111 Å². The molecule has 17 rings (SSSR count). The Morgan fingerprint density at radius 3 is 1.86 bits per heavy atom. The summed E-state index contributed by atoms with van der Waals surface area (Å²) in [6.07, 6.45) is -40.0. The molecule has 0 unspecified atom stereocenters. The summed E-state index contributed by atoms with van der Waals surface area (Å²) >= 11 is 0. The van der Waals surface area contributed by atoms with Gasteiger partial charge in [0, 0.05) is 5.41 Å². The fourth-order valence-electron chi connectivity index (χ4n) is 18.8. The highest BCUT2D eigenvalue weighted by atomic mass is 16.8. The van der Waals surface area contributed by atoms with Crippen molar-refractivity contribution in [2.45, 2.75) is 285 Å². The highest BCUT2D eigenvalue weighted by Gasteiger charge is 2.72. The minimum Gasteiger partial charge on any atom is -0.457 e. The summed E-state index contributed by atoms with van der Waals surface area (Å²) in [4.78, 5) is 43.2. The number of hydrogen-bond donors (Lipinski definition) is 15. The van der Waals surface area contributed by atoms with E-state index in [0.717, 1.165) is 12.5 Å². The Balaban J connectivity index is 0.954. The monoisotopic (exact) mass is 1350 g/mol. The second-order valence-electron chi connectivity index (χ2n) is 31.0. The topological polar surface area (TPSA) is 465 Å². The molecule has 12 fully saturated rings. The minimum absolute atomic E-state index is 0.121. The van der Waals surface area contributed by atoms with Gasteiger partial charge < -0.3 is 133 Å². The zero-order valence-corrected chi connectivity index (χ0v) is 54.4. The number of allylic oxidation sites excluding steroid dienone is 2. The van der Waals surface area contributed by atoms with Crippen LogP contribution < -0.4 is 0 Å². The third-order valence-corrected chi connectivity index (χ3v) is 24.4. The fourth-order valence-corrected chi connectivity index (χ4v) is 18.8. The molecular weight excluding hydrogens is 1250 g/mol. The van der Waals surface area contributed by atoms with E-state index in [1.54, 1.807) is 0 Å². The van der Waals surface area contributed by atoms with Gasteiger partial charge in [0.05, 0.1) is 75.2 Å². The third-order valence-electron chi connectivity index (χ3n) is 24.4. The van der Waals surface area contributed by atoms with Crippen LogP contribution in [0.1, 0.15) is 126 Å². The average molecular weight is 1350 g/mol. The number of esters is 3. The van der Waals surface area contributed by atoms with E-state index in [0.29, 0.717) is 51.4 Å². The zero-order chi connectivity index (χ0) is 68.5. The van der Waals surface area contributed by atoms with E-state index in [1.165, 1.54) is 6.92 Å². The largest absolute Gasteiger partial charge is 0.457 e. The van der Waals surface area contributed by atoms with Crippen LogP contribution in [-0.2, 0) is 71.2 Å². The van der Waals surface area contributed by atoms with Crippen LogP contribution in [0.2, 0.25) is 0 Å². The molecular formula is C64H100O30. The van der Waals surface area contributed by atoms with Gasteiger partial charge in [0.15, 0.2) is 43.5 Å². The van der Waals surface area contributed by atoms with E-state index in [1.807, 2.05) is 6.92 Å². The Labute approximate surface area is 544 Å². The molecule has 17 aliphatic rings. The lowest BCUT2D eigenvalue weighted by Crippen LogP contribution is -2.70. The fraction of sp³-hybridized carbons (Fsp3) is 0.922. The molecule has 0 aromatic heterocycles. The Morgan fingerprint density at radius 1 is 0.553 bits per heavy atom. The van der Waals surface area contributed by atoms with Crippen molar-refractivity contribution in [2.24, 2.45) is 50.2 Å². The van der Waals surface area contributed by atoms with Crippen molar-refractivity contribution in [3.63, 3.8) is 0 Å². The first-order valence-electron chi connectivity index (χ1n) is 33.2. The van der Waals surface area contributed by atoms with Crippen molar-refractivity contribution < 1.29 is 148 Å². The summed E-state index contributed by atoms with van der Waals surface area (Å²) in [5, 5.41) is 170. The molecule has 4 saturated carbocycles. The summed E-state index contributed by atoms with van der Waals surface area (Å²) in [7, 11) is 0. The van der Waals surface area contributed by atoms with Crippen LogP contribution in [0.25, 0.3) is 0 Å². The lowest BCUT2D eigenvalue weighted by atomic mass is 9.33. The van der Waals surface area contributed by atoms with Gasteiger partial charge in [-0.25, -0.2) is 0 Å². The maximum Gasteiger partial charge on any atom is 0.315 e. The van der Waals surface area contributed by atoms with Crippen LogP contribution in [0.3, 0.4) is 0 Å². The first kappa shape index (κ1) is 72.4. The minimum atomic E-state index is -2.33. The molecule has 12 heterocycles. The number of rotatable bonds is 5. The maximum absolute atomic E-state index is 15.6. The molecule has 15 N–H and O–H groups in total. The maximum atomic E-state index is 15.6. The van der Waals surface area contributed by atoms with Crippen molar-refractivity contribution in [1.82, 2.24) is 0 Å². The predicted octanol–water partition coefficient (Wildman–Crippen LogP) is -3.32. The lowest BCUT2D eigenvalue weighted by molar-refractivity contribution is -0.377. The molecule has 536 valence electrons. The number of carbonyl (C=O) groups is 3. The van der Waals surface area contributed by atoms with Gasteiger partial charge in [-0.2, -0.15) is 0 Å². The van der Waals surface area contributed by atoms with Gasteiger partial charge in [-0.1, -0.05) is 53.2 Å². The van der Waals surface area contributed by atoms with Gasteiger partial charge in [-0.3, -0.25) is 14.4 Å². The molecule has 0 radical (unpaired) electrons. The molecule has 0 aromatic carbocycles. The molecule has 12 bridgehead atoms. The van der Waals surface area contributed by atoms with Gasteiger partial charge >= 0.3 is 17.9 Å². The molecule has 34 atom stereocenters. The Kier molecular flexibility index (Phi) is 20.5. The normalized spacial score (nSPS) is 54.3. The quantitative estimate of drug-likeness (QED) is 0.0554. The van der Waals surface area contributed by atoms with Crippen molar-refractivity contribution >= 4 is 17.9 Å².